The lowest BCUT2D eigenvalue weighted by molar-refractivity contribution is 0.305. The highest BCUT2D eigenvalue weighted by molar-refractivity contribution is 6.18. The third kappa shape index (κ3) is 4.08. The van der Waals surface area contributed by atoms with Crippen LogP contribution in [0.25, 0.3) is 0 Å². The van der Waals surface area contributed by atoms with Gasteiger partial charge in [0.15, 0.2) is 0 Å². The summed E-state index contributed by atoms with van der Waals surface area (Å²) in [7, 11) is 0. The quantitative estimate of drug-likeness (QED) is 0.790. The van der Waals surface area contributed by atoms with Gasteiger partial charge in [-0.3, -0.25) is 0 Å². The van der Waals surface area contributed by atoms with Crippen LogP contribution in [0, 0.1) is 0 Å². The van der Waals surface area contributed by atoms with E-state index in [4.69, 9.17) is 16.3 Å². The summed E-state index contributed by atoms with van der Waals surface area (Å²) < 4.78 is 5.53. The molecular formula is C16H20ClN3O. The van der Waals surface area contributed by atoms with E-state index in [1.807, 2.05) is 37.3 Å². The molecule has 4 nitrogen and oxygen atoms in total. The molecule has 0 radical (unpaired) electrons. The second-order valence-electron chi connectivity index (χ2n) is 5.05. The third-order valence-electron chi connectivity index (χ3n) is 3.18. The average Bonchev–Trinajstić information content (AvgIpc) is 2.54. The highest BCUT2D eigenvalue weighted by Crippen LogP contribution is 2.27. The van der Waals surface area contributed by atoms with E-state index in [-0.39, 0.29) is 0 Å². The van der Waals surface area contributed by atoms with E-state index in [2.05, 4.69) is 22.2 Å². The molecule has 2 aromatic rings. The molecule has 5 heteroatoms. The van der Waals surface area contributed by atoms with Crippen molar-refractivity contribution in [1.82, 2.24) is 9.97 Å². The number of nitrogens with zero attached hydrogens (tertiary/aromatic N) is 2. The summed E-state index contributed by atoms with van der Waals surface area (Å²) in [5, 5.41) is 3.38. The minimum absolute atomic E-state index is 0.404. The van der Waals surface area contributed by atoms with Crippen LogP contribution in [0.3, 0.4) is 0 Å². The zero-order valence-corrected chi connectivity index (χ0v) is 13.1. The Hall–Kier alpha value is -1.81. The molecule has 0 aliphatic carbocycles. The first-order valence-electron chi connectivity index (χ1n) is 7.02. The Morgan fingerprint density at radius 3 is 2.67 bits per heavy atom. The van der Waals surface area contributed by atoms with Crippen molar-refractivity contribution in [3.63, 3.8) is 0 Å². The molecule has 0 fully saturated rings. The monoisotopic (exact) mass is 305 g/mol. The van der Waals surface area contributed by atoms with Crippen molar-refractivity contribution in [1.29, 1.82) is 0 Å². The molecule has 0 spiro atoms. The van der Waals surface area contributed by atoms with Crippen LogP contribution in [0.1, 0.15) is 25.8 Å². The Balaban J connectivity index is 2.18. The number of anilines is 1. The van der Waals surface area contributed by atoms with E-state index in [0.717, 1.165) is 12.0 Å². The van der Waals surface area contributed by atoms with Gasteiger partial charge < -0.3 is 10.1 Å². The Morgan fingerprint density at radius 2 is 2.00 bits per heavy atom. The summed E-state index contributed by atoms with van der Waals surface area (Å²) in [5.74, 6) is 1.69. The molecule has 1 unspecified atom stereocenters. The maximum atomic E-state index is 6.18. The number of alkyl halides is 1. The Kier molecular flexibility index (Phi) is 5.39. The number of nitrogens with one attached hydrogen (secondary N) is 1. The highest BCUT2D eigenvalue weighted by Gasteiger charge is 2.25. The number of halogens is 1. The van der Waals surface area contributed by atoms with Gasteiger partial charge in [0.25, 0.3) is 0 Å². The molecule has 1 N–H and O–H groups in total. The molecule has 0 aliphatic rings. The third-order valence-corrected chi connectivity index (χ3v) is 3.71. The van der Waals surface area contributed by atoms with Crippen molar-refractivity contribution in [2.45, 2.75) is 25.8 Å². The first kappa shape index (κ1) is 15.6. The molecular weight excluding hydrogens is 286 g/mol. The van der Waals surface area contributed by atoms with E-state index < -0.39 is 5.54 Å². The molecule has 0 aliphatic heterocycles. The summed E-state index contributed by atoms with van der Waals surface area (Å²) in [6.45, 7) is 4.74. The first-order chi connectivity index (χ1) is 10.2. The second-order valence-corrected chi connectivity index (χ2v) is 5.31. The fourth-order valence-corrected chi connectivity index (χ4v) is 2.19. The van der Waals surface area contributed by atoms with Crippen LogP contribution in [0.15, 0.2) is 42.7 Å². The number of rotatable bonds is 7. The van der Waals surface area contributed by atoms with Crippen molar-refractivity contribution in [2.24, 2.45) is 0 Å². The summed E-state index contributed by atoms with van der Waals surface area (Å²) >= 11 is 6.18. The largest absolute Gasteiger partial charge is 0.478 e. The summed E-state index contributed by atoms with van der Waals surface area (Å²) in [4.78, 5) is 8.34. The van der Waals surface area contributed by atoms with Crippen molar-refractivity contribution in [2.75, 3.05) is 17.8 Å². The van der Waals surface area contributed by atoms with Crippen molar-refractivity contribution >= 4 is 17.4 Å². The first-order valence-corrected chi connectivity index (χ1v) is 7.56. The van der Waals surface area contributed by atoms with Crippen LogP contribution in [0.2, 0.25) is 0 Å². The Bertz CT molecular complexity index is 564. The molecule has 0 bridgehead atoms. The van der Waals surface area contributed by atoms with Crippen LogP contribution < -0.4 is 10.1 Å². The molecule has 1 atom stereocenters. The predicted molar refractivity (Wildman–Crippen MR) is 86.0 cm³/mol. The summed E-state index contributed by atoms with van der Waals surface area (Å²) in [5.41, 5.74) is 0.703. The van der Waals surface area contributed by atoms with E-state index >= 15 is 0 Å². The smallest absolute Gasteiger partial charge is 0.218 e. The molecule has 0 saturated carbocycles. The second kappa shape index (κ2) is 7.27. The van der Waals surface area contributed by atoms with Gasteiger partial charge in [0.1, 0.15) is 12.1 Å². The van der Waals surface area contributed by atoms with Gasteiger partial charge in [-0.1, -0.05) is 37.3 Å². The minimum atomic E-state index is -0.404. The summed E-state index contributed by atoms with van der Waals surface area (Å²) in [6.07, 6.45) is 2.43. The number of aromatic nitrogens is 2. The Morgan fingerprint density at radius 1 is 1.24 bits per heavy atom. The van der Waals surface area contributed by atoms with Gasteiger partial charge in [-0.25, -0.2) is 9.97 Å². The van der Waals surface area contributed by atoms with Crippen LogP contribution in [-0.2, 0) is 5.54 Å². The normalized spacial score (nSPS) is 13.5. The van der Waals surface area contributed by atoms with Gasteiger partial charge in [0.05, 0.1) is 12.1 Å². The lowest BCUT2D eigenvalue weighted by Gasteiger charge is -2.29. The van der Waals surface area contributed by atoms with Crippen LogP contribution >= 0.6 is 11.6 Å². The van der Waals surface area contributed by atoms with E-state index in [9.17, 15) is 0 Å². The predicted octanol–water partition coefficient (Wildman–Crippen LogP) is 3.83. The number of ether oxygens (including phenoxy) is 1. The number of hydrogen-bond donors (Lipinski definition) is 1. The molecule has 112 valence electrons. The minimum Gasteiger partial charge on any atom is -0.478 e. The maximum Gasteiger partial charge on any atom is 0.218 e. The zero-order chi connectivity index (χ0) is 15.1. The fourth-order valence-electron chi connectivity index (χ4n) is 1.96. The maximum absolute atomic E-state index is 6.18. The highest BCUT2D eigenvalue weighted by atomic mass is 35.5. The van der Waals surface area contributed by atoms with Gasteiger partial charge in [0, 0.05) is 11.9 Å². The van der Waals surface area contributed by atoms with Crippen molar-refractivity contribution in [3.05, 3.63) is 48.3 Å². The fraction of sp³-hybridized carbons (Fsp3) is 0.375. The van der Waals surface area contributed by atoms with Crippen molar-refractivity contribution < 1.29 is 4.74 Å². The van der Waals surface area contributed by atoms with Crippen LogP contribution in [0.4, 0.5) is 5.82 Å². The topological polar surface area (TPSA) is 47.0 Å². The molecule has 2 rings (SSSR count). The number of benzene rings is 1. The SMILES string of the molecule is CCCOc1cc(NC(C)(CCl)c2ccccc2)ncn1. The number of hydrogen-bond acceptors (Lipinski definition) is 4. The standard InChI is InChI=1S/C16H20ClN3O/c1-3-9-21-15-10-14(18-12-19-15)20-16(2,11-17)13-7-5-4-6-8-13/h4-8,10,12H,3,9,11H2,1-2H3,(H,18,19,20). The van der Waals surface area contributed by atoms with Gasteiger partial charge in [-0.05, 0) is 18.9 Å². The van der Waals surface area contributed by atoms with Crippen LogP contribution in [-0.4, -0.2) is 22.5 Å². The van der Waals surface area contributed by atoms with Gasteiger partial charge in [0.2, 0.25) is 5.88 Å². The lowest BCUT2D eigenvalue weighted by atomic mass is 9.94. The van der Waals surface area contributed by atoms with Gasteiger partial charge >= 0.3 is 0 Å². The van der Waals surface area contributed by atoms with E-state index in [1.165, 1.54) is 6.33 Å². The molecule has 0 amide bonds. The van der Waals surface area contributed by atoms with Crippen LogP contribution in [0.5, 0.6) is 5.88 Å². The van der Waals surface area contributed by atoms with E-state index in [1.54, 1.807) is 6.07 Å². The average molecular weight is 306 g/mol. The molecule has 1 aromatic carbocycles. The molecule has 21 heavy (non-hydrogen) atoms. The van der Waals surface area contributed by atoms with Gasteiger partial charge in [-0.15, -0.1) is 11.6 Å². The molecule has 1 heterocycles. The molecule has 1 aromatic heterocycles. The Labute approximate surface area is 130 Å². The van der Waals surface area contributed by atoms with E-state index in [0.29, 0.717) is 24.2 Å². The molecule has 0 saturated heterocycles. The van der Waals surface area contributed by atoms with Gasteiger partial charge in [-0.2, -0.15) is 0 Å². The lowest BCUT2D eigenvalue weighted by Crippen LogP contribution is -2.34. The zero-order valence-electron chi connectivity index (χ0n) is 12.3. The van der Waals surface area contributed by atoms with Crippen molar-refractivity contribution in [3.8, 4) is 5.88 Å². The summed E-state index contributed by atoms with van der Waals surface area (Å²) in [6, 6.07) is 11.9.